The lowest BCUT2D eigenvalue weighted by Crippen LogP contribution is -2.33. The maximum Gasteiger partial charge on any atom is 0.335 e. The van der Waals surface area contributed by atoms with Gasteiger partial charge in [-0.05, 0) is 80.3 Å². The monoisotopic (exact) mass is 616 g/mol. The van der Waals surface area contributed by atoms with Gasteiger partial charge in [0, 0.05) is 41.8 Å². The summed E-state index contributed by atoms with van der Waals surface area (Å²) < 4.78 is 5.25. The van der Waals surface area contributed by atoms with Crippen LogP contribution in [0.5, 0.6) is 11.5 Å². The summed E-state index contributed by atoms with van der Waals surface area (Å²) in [5, 5.41) is 29.0. The van der Waals surface area contributed by atoms with Crippen LogP contribution >= 0.6 is 11.3 Å². The van der Waals surface area contributed by atoms with Gasteiger partial charge in [-0.25, -0.2) is 9.78 Å². The van der Waals surface area contributed by atoms with Crippen molar-refractivity contribution < 1.29 is 29.3 Å². The first-order chi connectivity index (χ1) is 21.0. The molecule has 44 heavy (non-hydrogen) atoms. The number of carbonyl (C=O) groups excluding carboxylic acids is 2. The number of aromatic carboxylic acids is 1. The van der Waals surface area contributed by atoms with Crippen LogP contribution in [0, 0.1) is 6.92 Å². The van der Waals surface area contributed by atoms with E-state index in [2.05, 4.69) is 15.6 Å². The molecule has 0 saturated heterocycles. The molecule has 4 aromatic rings. The van der Waals surface area contributed by atoms with Crippen LogP contribution in [0.1, 0.15) is 66.2 Å². The molecule has 0 aliphatic carbocycles. The van der Waals surface area contributed by atoms with Gasteiger partial charge in [-0.2, -0.15) is 0 Å². The molecule has 0 bridgehead atoms. The lowest BCUT2D eigenvalue weighted by Gasteiger charge is -2.18. The number of phenolic OH excluding ortho intramolecular Hbond substituents is 1. The Hall–Kier alpha value is -4.90. The summed E-state index contributed by atoms with van der Waals surface area (Å²) in [6, 6.07) is 16.8. The summed E-state index contributed by atoms with van der Waals surface area (Å²) >= 11 is 1.44. The van der Waals surface area contributed by atoms with E-state index in [4.69, 9.17) is 4.74 Å². The van der Waals surface area contributed by atoms with Crippen LogP contribution in [0.25, 0.3) is 0 Å². The molecule has 3 aromatic carbocycles. The minimum Gasteiger partial charge on any atom is -0.506 e. The van der Waals surface area contributed by atoms with Crippen molar-refractivity contribution in [3.8, 4) is 11.5 Å². The Morgan fingerprint density at radius 1 is 1.02 bits per heavy atom. The number of nitrogens with zero attached hydrogens (tertiary/aromatic N) is 2. The van der Waals surface area contributed by atoms with Crippen molar-refractivity contribution in [2.24, 2.45) is 0 Å². The summed E-state index contributed by atoms with van der Waals surface area (Å²) in [4.78, 5) is 43.8. The number of rotatable bonds is 13. The first kappa shape index (κ1) is 32.0. The minimum atomic E-state index is -1.24. The number of carboxylic acid groups (broad SMARTS) is 1. The fourth-order valence-corrected chi connectivity index (χ4v) is 5.42. The molecule has 1 atom stereocenters. The van der Waals surface area contributed by atoms with E-state index in [9.17, 15) is 24.6 Å². The van der Waals surface area contributed by atoms with E-state index in [1.165, 1.54) is 34.4 Å². The predicted molar refractivity (Wildman–Crippen MR) is 170 cm³/mol. The minimum absolute atomic E-state index is 0.0858. The Bertz CT molecular complexity index is 1650. The van der Waals surface area contributed by atoms with Gasteiger partial charge in [0.1, 0.15) is 16.5 Å². The second-order valence-electron chi connectivity index (χ2n) is 10.6. The number of amides is 2. The highest BCUT2D eigenvalue weighted by atomic mass is 32.1. The zero-order valence-electron chi connectivity index (χ0n) is 25.1. The number of nitrogens with one attached hydrogen (secondary N) is 2. The zero-order valence-corrected chi connectivity index (χ0v) is 25.9. The molecule has 0 unspecified atom stereocenters. The van der Waals surface area contributed by atoms with Gasteiger partial charge in [0.25, 0.3) is 11.8 Å². The number of hydrogen-bond donors (Lipinski definition) is 4. The number of benzene rings is 3. The topological polar surface area (TPSA) is 141 Å². The number of carbonyl (C=O) groups is 3. The summed E-state index contributed by atoms with van der Waals surface area (Å²) in [5.74, 6) is -1.24. The van der Waals surface area contributed by atoms with Gasteiger partial charge in [-0.1, -0.05) is 18.2 Å². The summed E-state index contributed by atoms with van der Waals surface area (Å²) in [6.45, 7) is 4.50. The number of hydrogen-bond acceptors (Lipinski definition) is 8. The molecule has 0 saturated carbocycles. The van der Waals surface area contributed by atoms with Crippen LogP contribution < -0.4 is 15.4 Å². The molecule has 0 aliphatic heterocycles. The van der Waals surface area contributed by atoms with Crippen LogP contribution in [-0.2, 0) is 19.5 Å². The van der Waals surface area contributed by atoms with Gasteiger partial charge < -0.3 is 30.5 Å². The number of phenols is 1. The van der Waals surface area contributed by atoms with Gasteiger partial charge in [0.05, 0.1) is 24.9 Å². The van der Waals surface area contributed by atoms with Gasteiger partial charge >= 0.3 is 5.97 Å². The molecular weight excluding hydrogens is 580 g/mol. The number of methoxy groups -OCH3 is 1. The van der Waals surface area contributed by atoms with Gasteiger partial charge in [-0.3, -0.25) is 9.59 Å². The van der Waals surface area contributed by atoms with E-state index < -0.39 is 17.8 Å². The SMILES string of the molecule is COc1cccc(CNc2ccc(CC[C@H](C)NC(=O)c3cc(C(=O)O)cc(C(=O)N(C)Cc4nc(C)cs4)c3)cc2O)c1. The number of thiazole rings is 1. The Morgan fingerprint density at radius 2 is 1.77 bits per heavy atom. The van der Waals surface area contributed by atoms with Crippen molar-refractivity contribution in [1.29, 1.82) is 0 Å². The zero-order chi connectivity index (χ0) is 31.8. The van der Waals surface area contributed by atoms with Crippen molar-refractivity contribution in [1.82, 2.24) is 15.2 Å². The molecule has 1 heterocycles. The molecule has 230 valence electrons. The van der Waals surface area contributed by atoms with E-state index in [-0.39, 0.29) is 35.0 Å². The maximum absolute atomic E-state index is 13.1. The van der Waals surface area contributed by atoms with E-state index in [1.807, 2.05) is 55.6 Å². The van der Waals surface area contributed by atoms with Crippen LogP contribution in [-0.4, -0.2) is 58.1 Å². The fourth-order valence-electron chi connectivity index (χ4n) is 4.60. The molecule has 1 aromatic heterocycles. The average molecular weight is 617 g/mol. The van der Waals surface area contributed by atoms with E-state index in [0.29, 0.717) is 25.1 Å². The standard InChI is InChI=1S/C33H36N4O6S/c1-20(8-9-22-10-11-28(29(38)13-22)34-17-23-6-5-7-27(12-23)43-4)36-31(39)24-14-25(16-26(15-24)33(41)42)32(40)37(3)18-30-35-21(2)19-44-30/h5-7,10-16,19-20,34,38H,8-9,17-18H2,1-4H3,(H,36,39)(H,41,42)/t20-/m0/s1. The molecule has 10 nitrogen and oxygen atoms in total. The molecule has 2 amide bonds. The highest BCUT2D eigenvalue weighted by molar-refractivity contribution is 7.09. The summed E-state index contributed by atoms with van der Waals surface area (Å²) in [5.41, 5.74) is 3.42. The third-order valence-electron chi connectivity index (χ3n) is 7.00. The van der Waals surface area contributed by atoms with Crippen molar-refractivity contribution in [2.75, 3.05) is 19.5 Å². The number of aryl methyl sites for hydroxylation is 2. The van der Waals surface area contributed by atoms with Crippen LogP contribution in [0.2, 0.25) is 0 Å². The number of aromatic nitrogens is 1. The molecule has 0 aliphatic rings. The van der Waals surface area contributed by atoms with Crippen LogP contribution in [0.15, 0.2) is 66.0 Å². The Morgan fingerprint density at radius 3 is 2.45 bits per heavy atom. The molecule has 0 spiro atoms. The quantitative estimate of drug-likeness (QED) is 0.144. The smallest absolute Gasteiger partial charge is 0.335 e. The number of ether oxygens (including phenoxy) is 1. The lowest BCUT2D eigenvalue weighted by atomic mass is 10.0. The van der Waals surface area contributed by atoms with Crippen molar-refractivity contribution >= 4 is 34.8 Å². The molecule has 0 radical (unpaired) electrons. The average Bonchev–Trinajstić information content (AvgIpc) is 3.42. The summed E-state index contributed by atoms with van der Waals surface area (Å²) in [6.07, 6.45) is 1.16. The predicted octanol–water partition coefficient (Wildman–Crippen LogP) is 5.50. The third kappa shape index (κ3) is 8.57. The Labute approximate surface area is 260 Å². The highest BCUT2D eigenvalue weighted by Gasteiger charge is 2.20. The van der Waals surface area contributed by atoms with E-state index in [1.54, 1.807) is 20.2 Å². The third-order valence-corrected chi connectivity index (χ3v) is 7.95. The second kappa shape index (κ2) is 14.5. The second-order valence-corrected chi connectivity index (χ2v) is 11.6. The molecular formula is C33H36N4O6S. The highest BCUT2D eigenvalue weighted by Crippen LogP contribution is 2.26. The Kier molecular flexibility index (Phi) is 10.6. The normalized spacial score (nSPS) is 11.5. The maximum atomic E-state index is 13.1. The Balaban J connectivity index is 1.35. The molecule has 4 N–H and O–H groups in total. The first-order valence-electron chi connectivity index (χ1n) is 14.1. The largest absolute Gasteiger partial charge is 0.506 e. The number of anilines is 1. The first-order valence-corrected chi connectivity index (χ1v) is 14.9. The van der Waals surface area contributed by atoms with E-state index >= 15 is 0 Å². The van der Waals surface area contributed by atoms with Crippen molar-refractivity contribution in [3.63, 3.8) is 0 Å². The number of aromatic hydroxyl groups is 1. The van der Waals surface area contributed by atoms with E-state index in [0.717, 1.165) is 27.6 Å². The van der Waals surface area contributed by atoms with Crippen LogP contribution in [0.3, 0.4) is 0 Å². The molecule has 4 rings (SSSR count). The summed E-state index contributed by atoms with van der Waals surface area (Å²) in [7, 11) is 3.22. The van der Waals surface area contributed by atoms with Crippen molar-refractivity contribution in [3.05, 3.63) is 105 Å². The van der Waals surface area contributed by atoms with Gasteiger partial charge in [0.15, 0.2) is 0 Å². The van der Waals surface area contributed by atoms with Gasteiger partial charge in [-0.15, -0.1) is 11.3 Å². The van der Waals surface area contributed by atoms with Gasteiger partial charge in [0.2, 0.25) is 0 Å². The number of carboxylic acids is 1. The fraction of sp³-hybridized carbons (Fsp3) is 0.273. The lowest BCUT2D eigenvalue weighted by molar-refractivity contribution is 0.0696. The van der Waals surface area contributed by atoms with Crippen molar-refractivity contribution in [2.45, 2.75) is 45.8 Å². The molecule has 0 fully saturated rings. The van der Waals surface area contributed by atoms with Crippen LogP contribution in [0.4, 0.5) is 5.69 Å². The molecule has 11 heteroatoms.